The van der Waals surface area contributed by atoms with Crippen LogP contribution < -0.4 is 5.30 Å². The normalized spacial score (nSPS) is 27.0. The fourth-order valence-electron chi connectivity index (χ4n) is 5.59. The summed E-state index contributed by atoms with van der Waals surface area (Å²) < 4.78 is 26.3. The highest BCUT2D eigenvalue weighted by atomic mass is 31.2. The van der Waals surface area contributed by atoms with Gasteiger partial charge in [0.2, 0.25) is 0 Å². The van der Waals surface area contributed by atoms with Crippen LogP contribution >= 0.6 is 7.14 Å². The maximum absolute atomic E-state index is 15.9. The van der Waals surface area contributed by atoms with E-state index in [1.807, 2.05) is 91.0 Å². The van der Waals surface area contributed by atoms with E-state index >= 15 is 4.57 Å². The molecule has 0 aromatic heterocycles. The van der Waals surface area contributed by atoms with Gasteiger partial charge in [0.15, 0.2) is 7.14 Å². The van der Waals surface area contributed by atoms with Gasteiger partial charge in [0.05, 0.1) is 25.4 Å². The van der Waals surface area contributed by atoms with Crippen LogP contribution in [0.25, 0.3) is 0 Å². The van der Waals surface area contributed by atoms with E-state index in [-0.39, 0.29) is 11.1 Å². The lowest BCUT2D eigenvalue weighted by molar-refractivity contribution is -0.139. The van der Waals surface area contributed by atoms with E-state index in [1.54, 1.807) is 12.1 Å². The van der Waals surface area contributed by atoms with Crippen molar-refractivity contribution in [3.8, 4) is 0 Å². The Hall–Kier alpha value is -3.69. The molecule has 170 valence electrons. The molecule has 6 heteroatoms. The Morgan fingerprint density at radius 1 is 0.618 bits per heavy atom. The molecule has 2 unspecified atom stereocenters. The summed E-state index contributed by atoms with van der Waals surface area (Å²) in [6, 6.07) is 27.5. The van der Waals surface area contributed by atoms with E-state index in [2.05, 4.69) is 0 Å². The maximum atomic E-state index is 15.9. The summed E-state index contributed by atoms with van der Waals surface area (Å²) in [7, 11) is -1.20. The number of hydrogen-bond donors (Lipinski definition) is 0. The summed E-state index contributed by atoms with van der Waals surface area (Å²) in [5, 5.41) is -2.24. The third kappa shape index (κ3) is 2.53. The van der Waals surface area contributed by atoms with Gasteiger partial charge in [-0.3, -0.25) is 0 Å². The third-order valence-electron chi connectivity index (χ3n) is 6.90. The molecule has 0 fully saturated rings. The minimum atomic E-state index is -3.73. The van der Waals surface area contributed by atoms with Crippen molar-refractivity contribution in [2.45, 2.75) is 10.3 Å². The fraction of sp³-hybridized carbons (Fsp3) is 0.143. The van der Waals surface area contributed by atoms with Gasteiger partial charge in [-0.25, -0.2) is 9.59 Å². The second-order valence-corrected chi connectivity index (χ2v) is 11.4. The number of benzene rings is 3. The van der Waals surface area contributed by atoms with Gasteiger partial charge < -0.3 is 14.0 Å². The lowest BCUT2D eigenvalue weighted by Gasteiger charge is -2.38. The number of hydrogen-bond acceptors (Lipinski definition) is 5. The smallest absolute Gasteiger partial charge is 0.336 e. The molecule has 2 bridgehead atoms. The van der Waals surface area contributed by atoms with Crippen molar-refractivity contribution in [1.29, 1.82) is 0 Å². The van der Waals surface area contributed by atoms with Gasteiger partial charge in [-0.1, -0.05) is 103 Å². The van der Waals surface area contributed by atoms with E-state index in [0.717, 1.165) is 0 Å². The summed E-state index contributed by atoms with van der Waals surface area (Å²) in [6.45, 7) is 0. The number of ether oxygens (including phenoxy) is 2. The first-order valence-corrected chi connectivity index (χ1v) is 12.6. The lowest BCUT2D eigenvalue weighted by Crippen LogP contribution is -2.32. The minimum Gasteiger partial charge on any atom is -0.466 e. The molecular formula is C28H23O5P. The van der Waals surface area contributed by atoms with Crippen LogP contribution in [-0.4, -0.2) is 26.2 Å². The average Bonchev–Trinajstić information content (AvgIpc) is 3.30. The number of carbonyl (C=O) groups is 2. The van der Waals surface area contributed by atoms with E-state index < -0.39 is 29.4 Å². The van der Waals surface area contributed by atoms with Crippen molar-refractivity contribution >= 4 is 24.4 Å². The number of esters is 2. The Morgan fingerprint density at radius 2 is 0.971 bits per heavy atom. The maximum Gasteiger partial charge on any atom is 0.336 e. The zero-order valence-electron chi connectivity index (χ0n) is 18.8. The molecular weight excluding hydrogens is 447 g/mol. The fourth-order valence-corrected chi connectivity index (χ4v) is 10.2. The number of methoxy groups -OCH3 is 2. The van der Waals surface area contributed by atoms with Crippen molar-refractivity contribution in [1.82, 2.24) is 0 Å². The summed E-state index contributed by atoms with van der Waals surface area (Å²) >= 11 is 0. The SMILES string of the molecule is COC(=O)C1=C(C(=O)OC)C2(c3ccccc3)C=CC1(c1ccccc1)P2(=O)c1ccccc1. The van der Waals surface area contributed by atoms with E-state index in [9.17, 15) is 9.59 Å². The Balaban J connectivity index is 2.03. The lowest BCUT2D eigenvalue weighted by atomic mass is 9.76. The Kier molecular flexibility index (Phi) is 5.18. The third-order valence-corrected chi connectivity index (χ3v) is 11.2. The zero-order valence-corrected chi connectivity index (χ0v) is 19.7. The molecule has 5 rings (SSSR count). The highest BCUT2D eigenvalue weighted by Crippen LogP contribution is 2.86. The topological polar surface area (TPSA) is 69.7 Å². The van der Waals surface area contributed by atoms with Gasteiger partial charge in [0.1, 0.15) is 10.3 Å². The Morgan fingerprint density at radius 3 is 1.32 bits per heavy atom. The van der Waals surface area contributed by atoms with Gasteiger partial charge in [0.25, 0.3) is 0 Å². The largest absolute Gasteiger partial charge is 0.466 e. The van der Waals surface area contributed by atoms with Crippen molar-refractivity contribution in [3.05, 3.63) is 125 Å². The van der Waals surface area contributed by atoms with Gasteiger partial charge >= 0.3 is 11.9 Å². The molecule has 2 heterocycles. The number of rotatable bonds is 5. The van der Waals surface area contributed by atoms with Crippen LogP contribution in [0.15, 0.2) is 114 Å². The van der Waals surface area contributed by atoms with Gasteiger partial charge in [0, 0.05) is 5.30 Å². The molecule has 3 aromatic rings. The van der Waals surface area contributed by atoms with Crippen molar-refractivity contribution < 1.29 is 23.6 Å². The number of allylic oxidation sites excluding steroid dienone is 2. The Labute approximate surface area is 198 Å². The van der Waals surface area contributed by atoms with Gasteiger partial charge in [-0.2, -0.15) is 0 Å². The summed E-state index contributed by atoms with van der Waals surface area (Å²) in [6.07, 6.45) is 3.64. The molecule has 0 aliphatic carbocycles. The predicted octanol–water partition coefficient (Wildman–Crippen LogP) is 4.69. The van der Waals surface area contributed by atoms with Gasteiger partial charge in [-0.15, -0.1) is 0 Å². The van der Waals surface area contributed by atoms with Crippen molar-refractivity contribution in [3.63, 3.8) is 0 Å². The van der Waals surface area contributed by atoms with Crippen LogP contribution in [0.1, 0.15) is 11.1 Å². The first-order chi connectivity index (χ1) is 16.5. The highest BCUT2D eigenvalue weighted by Gasteiger charge is 2.75. The molecule has 0 radical (unpaired) electrons. The van der Waals surface area contributed by atoms with Crippen LogP contribution in [0, 0.1) is 0 Å². The monoisotopic (exact) mass is 470 g/mol. The summed E-state index contributed by atoms with van der Waals surface area (Å²) in [4.78, 5) is 26.9. The molecule has 0 N–H and O–H groups in total. The van der Waals surface area contributed by atoms with E-state index in [1.165, 1.54) is 14.2 Å². The second-order valence-electron chi connectivity index (χ2n) is 8.28. The second kappa shape index (κ2) is 7.96. The molecule has 2 aliphatic rings. The van der Waals surface area contributed by atoms with Crippen molar-refractivity contribution in [2.24, 2.45) is 0 Å². The number of carbonyl (C=O) groups excluding carboxylic acids is 2. The van der Waals surface area contributed by atoms with E-state index in [4.69, 9.17) is 9.47 Å². The predicted molar refractivity (Wildman–Crippen MR) is 130 cm³/mol. The molecule has 2 aliphatic heterocycles. The average molecular weight is 470 g/mol. The molecule has 5 nitrogen and oxygen atoms in total. The molecule has 0 spiro atoms. The number of fused-ring (bicyclic) bond motifs is 2. The first kappa shape index (κ1) is 22.1. The van der Waals surface area contributed by atoms with Crippen molar-refractivity contribution in [2.75, 3.05) is 14.2 Å². The van der Waals surface area contributed by atoms with Crippen LogP contribution in [0.2, 0.25) is 0 Å². The molecule has 2 atom stereocenters. The van der Waals surface area contributed by atoms with Crippen LogP contribution in [0.5, 0.6) is 0 Å². The molecule has 0 saturated heterocycles. The van der Waals surface area contributed by atoms with Crippen LogP contribution in [-0.2, 0) is 33.9 Å². The highest BCUT2D eigenvalue weighted by molar-refractivity contribution is 7.75. The quantitative estimate of drug-likeness (QED) is 0.307. The minimum absolute atomic E-state index is 0.0617. The molecule has 0 amide bonds. The van der Waals surface area contributed by atoms with Crippen LogP contribution in [0.3, 0.4) is 0 Å². The zero-order chi connectivity index (χ0) is 24.0. The first-order valence-electron chi connectivity index (χ1n) is 10.9. The molecule has 0 saturated carbocycles. The molecule has 34 heavy (non-hydrogen) atoms. The van der Waals surface area contributed by atoms with E-state index in [0.29, 0.717) is 16.4 Å². The standard InChI is InChI=1S/C28H23O5P/c1-32-25(29)23-24(26(30)33-2)28(21-14-8-4-9-15-21)19-18-27(23,20-12-6-3-7-13-20)34(28,31)22-16-10-5-11-17-22/h3-19H,1-2H3. The van der Waals surface area contributed by atoms with Gasteiger partial charge in [-0.05, 0) is 11.1 Å². The summed E-state index contributed by atoms with van der Waals surface area (Å²) in [5.74, 6) is -1.41. The summed E-state index contributed by atoms with van der Waals surface area (Å²) in [5.41, 5.74) is 1.42. The van der Waals surface area contributed by atoms with Crippen LogP contribution in [0.4, 0.5) is 0 Å². The Bertz CT molecular complexity index is 1290. The molecule has 3 aromatic carbocycles.